The Morgan fingerprint density at radius 3 is 2.67 bits per heavy atom. The Kier molecular flexibility index (Phi) is 6.10. The highest BCUT2D eigenvalue weighted by Gasteiger charge is 2.32. The van der Waals surface area contributed by atoms with Gasteiger partial charge in [0.25, 0.3) is 5.56 Å². The molecule has 2 aromatic heterocycles. The number of allylic oxidation sites excluding steroid dienone is 1. The van der Waals surface area contributed by atoms with Crippen LogP contribution in [0.25, 0.3) is 23.1 Å². The van der Waals surface area contributed by atoms with Gasteiger partial charge in [-0.2, -0.15) is 0 Å². The molecule has 0 amide bonds. The summed E-state index contributed by atoms with van der Waals surface area (Å²) in [5.74, 6) is 2.10. The first-order valence-electron chi connectivity index (χ1n) is 13.1. The summed E-state index contributed by atoms with van der Waals surface area (Å²) in [4.78, 5) is 19.8. The molecule has 7 heteroatoms. The first-order valence-corrected chi connectivity index (χ1v) is 14.3. The van der Waals surface area contributed by atoms with Gasteiger partial charge in [0.2, 0.25) is 0 Å². The maximum Gasteiger partial charge on any atom is 0.271 e. The minimum Gasteiger partial charge on any atom is -0.497 e. The van der Waals surface area contributed by atoms with Gasteiger partial charge in [0, 0.05) is 22.2 Å². The molecule has 3 aromatic carbocycles. The normalized spacial score (nSPS) is 16.3. The number of methoxy groups -OCH3 is 1. The molecule has 7 rings (SSSR count). The van der Waals surface area contributed by atoms with Crippen molar-refractivity contribution in [1.29, 1.82) is 0 Å². The highest BCUT2D eigenvalue weighted by molar-refractivity contribution is 7.07. The van der Waals surface area contributed by atoms with Gasteiger partial charge in [0.1, 0.15) is 17.3 Å². The predicted octanol–water partition coefficient (Wildman–Crippen LogP) is 6.55. The van der Waals surface area contributed by atoms with Crippen LogP contribution in [0.15, 0.2) is 98.6 Å². The van der Waals surface area contributed by atoms with Crippen molar-refractivity contribution in [3.05, 3.63) is 137 Å². The fourth-order valence-electron chi connectivity index (χ4n) is 5.67. The first-order chi connectivity index (χ1) is 19.5. The van der Waals surface area contributed by atoms with Crippen LogP contribution >= 0.6 is 22.9 Å². The number of furan rings is 1. The highest BCUT2D eigenvalue weighted by atomic mass is 35.5. The lowest BCUT2D eigenvalue weighted by Gasteiger charge is -2.30. The molecule has 5 nitrogen and oxygen atoms in total. The predicted molar refractivity (Wildman–Crippen MR) is 160 cm³/mol. The van der Waals surface area contributed by atoms with Gasteiger partial charge >= 0.3 is 0 Å². The van der Waals surface area contributed by atoms with Crippen LogP contribution in [0.1, 0.15) is 40.5 Å². The van der Waals surface area contributed by atoms with E-state index in [9.17, 15) is 4.79 Å². The Morgan fingerprint density at radius 1 is 1.02 bits per heavy atom. The number of hydrogen-bond acceptors (Lipinski definition) is 5. The molecule has 0 saturated heterocycles. The minimum atomic E-state index is -0.242. The van der Waals surface area contributed by atoms with Gasteiger partial charge in [-0.1, -0.05) is 65.4 Å². The number of rotatable bonds is 4. The molecule has 0 fully saturated rings. The molecule has 0 unspecified atom stereocenters. The number of halogens is 1. The zero-order chi connectivity index (χ0) is 27.4. The molecule has 2 aliphatic rings. The summed E-state index contributed by atoms with van der Waals surface area (Å²) in [7, 11) is 1.66. The molecule has 0 bridgehead atoms. The van der Waals surface area contributed by atoms with Crippen molar-refractivity contribution in [3.63, 3.8) is 0 Å². The van der Waals surface area contributed by atoms with E-state index < -0.39 is 0 Å². The summed E-state index contributed by atoms with van der Waals surface area (Å²) in [6.07, 6.45) is 3.57. The third-order valence-electron chi connectivity index (χ3n) is 7.67. The lowest BCUT2D eigenvalue weighted by molar-refractivity contribution is 0.414. The van der Waals surface area contributed by atoms with E-state index in [1.165, 1.54) is 22.5 Å². The van der Waals surface area contributed by atoms with Crippen LogP contribution in [-0.4, -0.2) is 11.7 Å². The quantitative estimate of drug-likeness (QED) is 0.249. The number of aryl methyl sites for hydroxylation is 2. The van der Waals surface area contributed by atoms with E-state index in [2.05, 4.69) is 24.3 Å². The second-order valence-electron chi connectivity index (χ2n) is 10.0. The van der Waals surface area contributed by atoms with Gasteiger partial charge in [-0.25, -0.2) is 4.99 Å². The van der Waals surface area contributed by atoms with Crippen LogP contribution < -0.4 is 19.6 Å². The summed E-state index contributed by atoms with van der Waals surface area (Å²) in [5, 5.41) is 0.649. The van der Waals surface area contributed by atoms with E-state index in [-0.39, 0.29) is 11.6 Å². The van der Waals surface area contributed by atoms with Gasteiger partial charge in [0.05, 0.1) is 23.4 Å². The number of ether oxygens (including phenoxy) is 1. The molecule has 198 valence electrons. The Labute approximate surface area is 240 Å². The highest BCUT2D eigenvalue weighted by Crippen LogP contribution is 2.41. The van der Waals surface area contributed by atoms with E-state index >= 15 is 0 Å². The Bertz CT molecular complexity index is 2000. The average Bonchev–Trinajstić information content (AvgIpc) is 3.57. The number of hydrogen-bond donors (Lipinski definition) is 0. The molecule has 5 aromatic rings. The van der Waals surface area contributed by atoms with Crippen LogP contribution in [0.4, 0.5) is 0 Å². The standard InChI is InChI=1S/C33H25ClN2O3S/c1-19-7-11-22(34)17-27(19)28-16-14-24(39-28)18-29-32(37)36-31(21-8-12-23(38-2)13-9-21)26-15-10-20-5-3-4-6-25(20)30(26)35-33(36)40-29/h3-9,11-14,16-18,31H,10,15H2,1-2H3/b29-18-/t31-/m1/s1. The maximum atomic E-state index is 14.0. The Hall–Kier alpha value is -4.13. The molecule has 0 saturated carbocycles. The van der Waals surface area contributed by atoms with Gasteiger partial charge in [-0.05, 0) is 78.4 Å². The molecule has 0 radical (unpaired) electrons. The number of thiazole rings is 1. The summed E-state index contributed by atoms with van der Waals surface area (Å²) in [5.41, 5.74) is 7.53. The number of aromatic nitrogens is 1. The Morgan fingerprint density at radius 2 is 1.85 bits per heavy atom. The van der Waals surface area contributed by atoms with Crippen molar-refractivity contribution < 1.29 is 9.15 Å². The van der Waals surface area contributed by atoms with Crippen LogP contribution in [0.2, 0.25) is 5.02 Å². The zero-order valence-corrected chi connectivity index (χ0v) is 23.6. The second-order valence-corrected chi connectivity index (χ2v) is 11.5. The molecule has 1 atom stereocenters. The molecule has 1 aliphatic heterocycles. The van der Waals surface area contributed by atoms with Gasteiger partial charge in [-0.3, -0.25) is 9.36 Å². The van der Waals surface area contributed by atoms with Crippen LogP contribution in [0.5, 0.6) is 5.75 Å². The summed E-state index contributed by atoms with van der Waals surface area (Å²) in [6, 6.07) is 25.7. The fraction of sp³-hybridized carbons (Fsp3) is 0.152. The number of benzene rings is 3. The zero-order valence-electron chi connectivity index (χ0n) is 22.0. The van der Waals surface area contributed by atoms with E-state index in [0.29, 0.717) is 25.9 Å². The fourth-order valence-corrected chi connectivity index (χ4v) is 6.83. The smallest absolute Gasteiger partial charge is 0.271 e. The van der Waals surface area contributed by atoms with Crippen molar-refractivity contribution in [3.8, 4) is 17.1 Å². The summed E-state index contributed by atoms with van der Waals surface area (Å²) >= 11 is 7.63. The SMILES string of the molecule is COc1ccc([C@@H]2C3=C(N=c4s/c(=C\c5ccc(-c6cc(Cl)ccc6C)o5)c(=O)n42)c2ccccc2CC3)cc1. The van der Waals surface area contributed by atoms with Crippen molar-refractivity contribution in [1.82, 2.24) is 4.57 Å². The van der Waals surface area contributed by atoms with E-state index in [0.717, 1.165) is 46.5 Å². The lowest BCUT2D eigenvalue weighted by Crippen LogP contribution is -2.38. The van der Waals surface area contributed by atoms with Crippen LogP contribution in [0, 0.1) is 6.92 Å². The number of fused-ring (bicyclic) bond motifs is 3. The van der Waals surface area contributed by atoms with Crippen molar-refractivity contribution in [2.75, 3.05) is 7.11 Å². The molecular formula is C33H25ClN2O3S. The number of nitrogens with zero attached hydrogens (tertiary/aromatic N) is 2. The first kappa shape index (κ1) is 24.9. The largest absolute Gasteiger partial charge is 0.497 e. The third kappa shape index (κ3) is 4.15. The van der Waals surface area contributed by atoms with Crippen molar-refractivity contribution >= 4 is 34.7 Å². The van der Waals surface area contributed by atoms with Crippen LogP contribution in [0.3, 0.4) is 0 Å². The molecule has 0 spiro atoms. The minimum absolute atomic E-state index is 0.0770. The van der Waals surface area contributed by atoms with Gasteiger partial charge in [0.15, 0.2) is 4.80 Å². The summed E-state index contributed by atoms with van der Waals surface area (Å²) < 4.78 is 14.0. The van der Waals surface area contributed by atoms with Gasteiger partial charge in [-0.15, -0.1) is 0 Å². The average molecular weight is 565 g/mol. The van der Waals surface area contributed by atoms with Gasteiger partial charge < -0.3 is 9.15 Å². The molecule has 40 heavy (non-hydrogen) atoms. The maximum absolute atomic E-state index is 14.0. The third-order valence-corrected chi connectivity index (χ3v) is 8.89. The summed E-state index contributed by atoms with van der Waals surface area (Å²) in [6.45, 7) is 2.02. The molecular weight excluding hydrogens is 540 g/mol. The lowest BCUT2D eigenvalue weighted by atomic mass is 9.83. The van der Waals surface area contributed by atoms with Crippen molar-refractivity contribution in [2.45, 2.75) is 25.8 Å². The molecule has 3 heterocycles. The van der Waals surface area contributed by atoms with Crippen LogP contribution in [-0.2, 0) is 6.42 Å². The van der Waals surface area contributed by atoms with E-state index in [1.54, 1.807) is 7.11 Å². The van der Waals surface area contributed by atoms with E-state index in [1.807, 2.05) is 72.2 Å². The molecule has 0 N–H and O–H groups in total. The Balaban J connectivity index is 1.39. The monoisotopic (exact) mass is 564 g/mol. The molecule has 1 aliphatic carbocycles. The second kappa shape index (κ2) is 9.81. The topological polar surface area (TPSA) is 56.7 Å². The van der Waals surface area contributed by atoms with E-state index in [4.69, 9.17) is 25.7 Å². The van der Waals surface area contributed by atoms with Crippen molar-refractivity contribution in [2.24, 2.45) is 4.99 Å².